The molecule has 0 radical (unpaired) electrons. The Kier molecular flexibility index (Phi) is 2.44. The summed E-state index contributed by atoms with van der Waals surface area (Å²) in [5, 5.41) is 10.5. The van der Waals surface area contributed by atoms with Gasteiger partial charge in [0.05, 0.1) is 22.8 Å². The molecule has 1 aromatic carbocycles. The summed E-state index contributed by atoms with van der Waals surface area (Å²) in [6.07, 6.45) is 1.43. The van der Waals surface area contributed by atoms with Gasteiger partial charge in [0.1, 0.15) is 11.6 Å². The summed E-state index contributed by atoms with van der Waals surface area (Å²) < 4.78 is 18.7. The minimum Gasteiger partial charge on any atom is -0.464 e. The normalized spacial score (nSPS) is 10.4. The molecular weight excluding hydrogens is 213 g/mol. The molecule has 0 spiro atoms. The van der Waals surface area contributed by atoms with E-state index in [-0.39, 0.29) is 11.3 Å². The Morgan fingerprint density at radius 2 is 2.19 bits per heavy atom. The zero-order chi connectivity index (χ0) is 11.7. The maximum atomic E-state index is 13.7. The molecule has 0 amide bonds. The van der Waals surface area contributed by atoms with E-state index in [0.717, 1.165) is 6.07 Å². The predicted molar refractivity (Wildman–Crippen MR) is 55.5 cm³/mol. The number of nitrogens with zero attached hydrogens (tertiary/aromatic N) is 1. The molecule has 0 saturated carbocycles. The molecule has 0 fully saturated rings. The van der Waals surface area contributed by atoms with Crippen molar-refractivity contribution in [3.63, 3.8) is 0 Å². The first-order chi connectivity index (χ1) is 7.59. The minimum absolute atomic E-state index is 0.259. The van der Waals surface area contributed by atoms with Crippen LogP contribution in [0.1, 0.15) is 5.56 Å². The Balaban J connectivity index is 2.61. The molecule has 0 aliphatic carbocycles. The highest BCUT2D eigenvalue weighted by Crippen LogP contribution is 2.30. The number of halogens is 1. The van der Waals surface area contributed by atoms with Crippen molar-refractivity contribution >= 4 is 5.69 Å². The Labute approximate surface area is 90.5 Å². The fourth-order valence-corrected chi connectivity index (χ4v) is 1.56. The van der Waals surface area contributed by atoms with Crippen LogP contribution < -0.4 is 0 Å². The second-order valence-electron chi connectivity index (χ2n) is 3.35. The van der Waals surface area contributed by atoms with E-state index in [1.54, 1.807) is 19.1 Å². The Morgan fingerprint density at radius 1 is 1.44 bits per heavy atom. The number of nitro benzene ring substituents is 1. The van der Waals surface area contributed by atoms with Crippen molar-refractivity contribution < 1.29 is 13.7 Å². The lowest BCUT2D eigenvalue weighted by Crippen LogP contribution is -1.94. The van der Waals surface area contributed by atoms with Crippen LogP contribution in [0.4, 0.5) is 10.1 Å². The molecule has 0 aliphatic heterocycles. The van der Waals surface area contributed by atoms with Gasteiger partial charge in [-0.1, -0.05) is 0 Å². The van der Waals surface area contributed by atoms with Gasteiger partial charge in [0.25, 0.3) is 5.69 Å². The number of non-ortho nitro benzene ring substituents is 1. The van der Waals surface area contributed by atoms with Crippen molar-refractivity contribution in [1.82, 2.24) is 0 Å². The summed E-state index contributed by atoms with van der Waals surface area (Å²) in [7, 11) is 0. The first-order valence-electron chi connectivity index (χ1n) is 4.58. The van der Waals surface area contributed by atoms with E-state index in [1.165, 1.54) is 12.3 Å². The number of benzene rings is 1. The van der Waals surface area contributed by atoms with Crippen molar-refractivity contribution in [2.75, 3.05) is 0 Å². The third-order valence-electron chi connectivity index (χ3n) is 2.25. The molecule has 0 bridgehead atoms. The summed E-state index contributed by atoms with van der Waals surface area (Å²) in [5.74, 6) is -0.286. The van der Waals surface area contributed by atoms with E-state index in [4.69, 9.17) is 4.42 Å². The van der Waals surface area contributed by atoms with Gasteiger partial charge in [-0.2, -0.15) is 0 Å². The first kappa shape index (κ1) is 10.4. The topological polar surface area (TPSA) is 56.3 Å². The number of hydrogen-bond donors (Lipinski definition) is 0. The van der Waals surface area contributed by atoms with Gasteiger partial charge in [0, 0.05) is 6.07 Å². The van der Waals surface area contributed by atoms with E-state index in [2.05, 4.69) is 0 Å². The molecule has 1 aromatic heterocycles. The quantitative estimate of drug-likeness (QED) is 0.577. The highest BCUT2D eigenvalue weighted by atomic mass is 19.1. The molecule has 4 nitrogen and oxygen atoms in total. The summed E-state index contributed by atoms with van der Waals surface area (Å²) in [6, 6.07) is 5.46. The predicted octanol–water partition coefficient (Wildman–Crippen LogP) is 3.30. The largest absolute Gasteiger partial charge is 0.464 e. The van der Waals surface area contributed by atoms with Gasteiger partial charge >= 0.3 is 0 Å². The number of furan rings is 1. The fourth-order valence-electron chi connectivity index (χ4n) is 1.56. The van der Waals surface area contributed by atoms with Crippen LogP contribution in [0.2, 0.25) is 0 Å². The maximum absolute atomic E-state index is 13.7. The van der Waals surface area contributed by atoms with E-state index in [0.29, 0.717) is 11.3 Å². The molecule has 82 valence electrons. The number of rotatable bonds is 2. The SMILES string of the molecule is Cc1cc([N+](=O)[O-])cc(F)c1-c1ccco1. The molecule has 0 atom stereocenters. The second kappa shape index (κ2) is 3.77. The molecule has 5 heteroatoms. The molecular formula is C11H8FNO3. The summed E-state index contributed by atoms with van der Waals surface area (Å²) in [6.45, 7) is 1.61. The van der Waals surface area contributed by atoms with Crippen LogP contribution in [0.3, 0.4) is 0 Å². The van der Waals surface area contributed by atoms with E-state index in [1.807, 2.05) is 0 Å². The smallest absolute Gasteiger partial charge is 0.272 e. The standard InChI is InChI=1S/C11H8FNO3/c1-7-5-8(13(14)15)6-9(12)11(7)10-3-2-4-16-10/h2-6H,1H3. The van der Waals surface area contributed by atoms with Gasteiger partial charge in [-0.05, 0) is 24.6 Å². The number of aryl methyl sites for hydroxylation is 1. The minimum atomic E-state index is -0.651. The molecule has 1 heterocycles. The average Bonchev–Trinajstić information content (AvgIpc) is 2.69. The van der Waals surface area contributed by atoms with Crippen molar-refractivity contribution in [2.24, 2.45) is 0 Å². The Morgan fingerprint density at radius 3 is 2.69 bits per heavy atom. The van der Waals surface area contributed by atoms with Crippen molar-refractivity contribution in [2.45, 2.75) is 6.92 Å². The highest BCUT2D eigenvalue weighted by Gasteiger charge is 2.17. The summed E-state index contributed by atoms with van der Waals surface area (Å²) in [4.78, 5) is 9.90. The summed E-state index contributed by atoms with van der Waals surface area (Å²) >= 11 is 0. The highest BCUT2D eigenvalue weighted by molar-refractivity contribution is 5.65. The average molecular weight is 221 g/mol. The molecule has 2 aromatic rings. The van der Waals surface area contributed by atoms with Crippen LogP contribution in [0.15, 0.2) is 34.9 Å². The molecule has 0 aliphatic rings. The van der Waals surface area contributed by atoms with Crippen molar-refractivity contribution in [3.05, 3.63) is 52.0 Å². The number of hydrogen-bond acceptors (Lipinski definition) is 3. The molecule has 0 saturated heterocycles. The lowest BCUT2D eigenvalue weighted by Gasteiger charge is -2.04. The molecule has 0 unspecified atom stereocenters. The maximum Gasteiger partial charge on any atom is 0.272 e. The van der Waals surface area contributed by atoms with E-state index < -0.39 is 10.7 Å². The third kappa shape index (κ3) is 1.67. The lowest BCUT2D eigenvalue weighted by atomic mass is 10.1. The van der Waals surface area contributed by atoms with Gasteiger partial charge in [-0.15, -0.1) is 0 Å². The lowest BCUT2D eigenvalue weighted by molar-refractivity contribution is -0.385. The molecule has 16 heavy (non-hydrogen) atoms. The molecule has 2 rings (SSSR count). The van der Waals surface area contributed by atoms with Crippen molar-refractivity contribution in [3.8, 4) is 11.3 Å². The van der Waals surface area contributed by atoms with E-state index in [9.17, 15) is 14.5 Å². The monoisotopic (exact) mass is 221 g/mol. The van der Waals surface area contributed by atoms with Gasteiger partial charge in [0.2, 0.25) is 0 Å². The van der Waals surface area contributed by atoms with Gasteiger partial charge in [-0.3, -0.25) is 10.1 Å². The first-order valence-corrected chi connectivity index (χ1v) is 4.58. The van der Waals surface area contributed by atoms with Crippen LogP contribution >= 0.6 is 0 Å². The van der Waals surface area contributed by atoms with Crippen LogP contribution in [-0.2, 0) is 0 Å². The van der Waals surface area contributed by atoms with Crippen LogP contribution in [-0.4, -0.2) is 4.92 Å². The zero-order valence-electron chi connectivity index (χ0n) is 8.44. The summed E-state index contributed by atoms with van der Waals surface area (Å²) in [5.41, 5.74) is 0.475. The zero-order valence-corrected chi connectivity index (χ0v) is 8.44. The van der Waals surface area contributed by atoms with Crippen LogP contribution in [0, 0.1) is 22.9 Å². The van der Waals surface area contributed by atoms with Crippen LogP contribution in [0.5, 0.6) is 0 Å². The number of nitro groups is 1. The van der Waals surface area contributed by atoms with Gasteiger partial charge in [0.15, 0.2) is 0 Å². The van der Waals surface area contributed by atoms with E-state index >= 15 is 0 Å². The van der Waals surface area contributed by atoms with Crippen LogP contribution in [0.25, 0.3) is 11.3 Å². The Hall–Kier alpha value is -2.17. The fraction of sp³-hybridized carbons (Fsp3) is 0.0909. The Bertz CT molecular complexity index is 511. The second-order valence-corrected chi connectivity index (χ2v) is 3.35. The van der Waals surface area contributed by atoms with Gasteiger partial charge < -0.3 is 4.42 Å². The van der Waals surface area contributed by atoms with Crippen molar-refractivity contribution in [1.29, 1.82) is 0 Å². The third-order valence-corrected chi connectivity index (χ3v) is 2.25. The van der Waals surface area contributed by atoms with Gasteiger partial charge in [-0.25, -0.2) is 4.39 Å². The molecule has 0 N–H and O–H groups in total.